The highest BCUT2D eigenvalue weighted by Gasteiger charge is 2.31. The maximum Gasteiger partial charge on any atom is 0.243 e. The molecule has 10 heteroatoms. The second-order valence-corrected chi connectivity index (χ2v) is 12.7. The van der Waals surface area contributed by atoms with Crippen molar-refractivity contribution in [3.8, 4) is 5.75 Å². The molecule has 42 heavy (non-hydrogen) atoms. The zero-order chi connectivity index (χ0) is 30.7. The van der Waals surface area contributed by atoms with Crippen LogP contribution >= 0.6 is 11.6 Å². The number of methoxy groups -OCH3 is 1. The van der Waals surface area contributed by atoms with Gasteiger partial charge in [-0.05, 0) is 67.3 Å². The SMILES string of the molecule is CC[C@@H](C)NC(=O)[C@H](Cc1ccccc1)N(Cc1cccc(OC)c1)C(=O)CCCN(c1ccc(Cl)cc1)S(C)(=O)=O. The Balaban J connectivity index is 1.90. The molecule has 2 atom stereocenters. The molecular formula is C32H40ClN3O5S. The zero-order valence-corrected chi connectivity index (χ0v) is 26.2. The zero-order valence-electron chi connectivity index (χ0n) is 24.6. The molecule has 0 aliphatic rings. The number of nitrogens with zero attached hydrogens (tertiary/aromatic N) is 2. The molecular weight excluding hydrogens is 574 g/mol. The average molecular weight is 614 g/mol. The van der Waals surface area contributed by atoms with E-state index in [9.17, 15) is 18.0 Å². The maximum atomic E-state index is 13.9. The molecule has 3 rings (SSSR count). The molecule has 0 radical (unpaired) electrons. The summed E-state index contributed by atoms with van der Waals surface area (Å²) in [5.74, 6) is 0.168. The normalized spacial score (nSPS) is 12.7. The van der Waals surface area contributed by atoms with Gasteiger partial charge in [-0.3, -0.25) is 13.9 Å². The van der Waals surface area contributed by atoms with Gasteiger partial charge in [0.1, 0.15) is 11.8 Å². The molecule has 8 nitrogen and oxygen atoms in total. The monoisotopic (exact) mass is 613 g/mol. The van der Waals surface area contributed by atoms with E-state index in [0.29, 0.717) is 22.9 Å². The van der Waals surface area contributed by atoms with Gasteiger partial charge in [0.2, 0.25) is 21.8 Å². The maximum absolute atomic E-state index is 13.9. The van der Waals surface area contributed by atoms with Crippen LogP contribution in [0.4, 0.5) is 5.69 Å². The third-order valence-electron chi connectivity index (χ3n) is 7.03. The van der Waals surface area contributed by atoms with Gasteiger partial charge in [0.05, 0.1) is 19.1 Å². The third kappa shape index (κ3) is 9.77. The lowest BCUT2D eigenvalue weighted by Crippen LogP contribution is -2.52. The number of rotatable bonds is 15. The van der Waals surface area contributed by atoms with Gasteiger partial charge in [0.15, 0.2) is 0 Å². The van der Waals surface area contributed by atoms with Crippen molar-refractivity contribution >= 4 is 39.1 Å². The molecule has 3 aromatic carbocycles. The van der Waals surface area contributed by atoms with Gasteiger partial charge in [-0.25, -0.2) is 8.42 Å². The van der Waals surface area contributed by atoms with Crippen LogP contribution in [0.25, 0.3) is 0 Å². The van der Waals surface area contributed by atoms with Gasteiger partial charge in [0.25, 0.3) is 0 Å². The molecule has 0 unspecified atom stereocenters. The first-order valence-corrected chi connectivity index (χ1v) is 16.2. The predicted molar refractivity (Wildman–Crippen MR) is 168 cm³/mol. The average Bonchev–Trinajstić information content (AvgIpc) is 2.97. The Bertz CT molecular complexity index is 1420. The number of sulfonamides is 1. The first-order valence-electron chi connectivity index (χ1n) is 14.0. The van der Waals surface area contributed by atoms with Crippen LogP contribution in [-0.2, 0) is 32.6 Å². The van der Waals surface area contributed by atoms with E-state index in [4.69, 9.17) is 16.3 Å². The van der Waals surface area contributed by atoms with E-state index in [0.717, 1.165) is 23.8 Å². The number of anilines is 1. The molecule has 0 spiro atoms. The lowest BCUT2D eigenvalue weighted by atomic mass is 10.0. The smallest absolute Gasteiger partial charge is 0.243 e. The van der Waals surface area contributed by atoms with E-state index in [2.05, 4.69) is 5.32 Å². The molecule has 0 saturated heterocycles. The Labute approximate surface area is 254 Å². The molecule has 0 bridgehead atoms. The molecule has 0 aliphatic carbocycles. The Kier molecular flexibility index (Phi) is 12.2. The predicted octanol–water partition coefficient (Wildman–Crippen LogP) is 5.45. The van der Waals surface area contributed by atoms with E-state index in [1.165, 1.54) is 4.31 Å². The fourth-order valence-electron chi connectivity index (χ4n) is 4.57. The van der Waals surface area contributed by atoms with Crippen molar-refractivity contribution in [2.45, 2.75) is 58.2 Å². The van der Waals surface area contributed by atoms with Gasteiger partial charge in [-0.2, -0.15) is 0 Å². The van der Waals surface area contributed by atoms with Crippen molar-refractivity contribution in [3.63, 3.8) is 0 Å². The highest BCUT2D eigenvalue weighted by Crippen LogP contribution is 2.23. The summed E-state index contributed by atoms with van der Waals surface area (Å²) in [5, 5.41) is 3.55. The summed E-state index contributed by atoms with van der Waals surface area (Å²) in [6, 6.07) is 22.7. The van der Waals surface area contributed by atoms with Crippen LogP contribution in [-0.4, -0.2) is 57.1 Å². The molecule has 1 N–H and O–H groups in total. The van der Waals surface area contributed by atoms with Crippen molar-refractivity contribution in [3.05, 3.63) is 95.0 Å². The van der Waals surface area contributed by atoms with Gasteiger partial charge in [-0.1, -0.05) is 61.0 Å². The Morgan fingerprint density at radius 2 is 1.64 bits per heavy atom. The summed E-state index contributed by atoms with van der Waals surface area (Å²) in [7, 11) is -2.03. The van der Waals surface area contributed by atoms with E-state index in [-0.39, 0.29) is 43.8 Å². The molecule has 226 valence electrons. The van der Waals surface area contributed by atoms with Crippen molar-refractivity contribution in [2.24, 2.45) is 0 Å². The quantitative estimate of drug-likeness (QED) is 0.246. The molecule has 0 saturated carbocycles. The van der Waals surface area contributed by atoms with Crippen LogP contribution < -0.4 is 14.4 Å². The molecule has 0 fully saturated rings. The number of carbonyl (C=O) groups excluding carboxylic acids is 2. The number of hydrogen-bond acceptors (Lipinski definition) is 5. The van der Waals surface area contributed by atoms with Gasteiger partial charge < -0.3 is 15.0 Å². The summed E-state index contributed by atoms with van der Waals surface area (Å²) < 4.78 is 31.8. The number of carbonyl (C=O) groups is 2. The van der Waals surface area contributed by atoms with Crippen LogP contribution in [0.3, 0.4) is 0 Å². The van der Waals surface area contributed by atoms with Crippen LogP contribution in [0.5, 0.6) is 5.75 Å². The van der Waals surface area contributed by atoms with E-state index in [1.54, 1.807) is 36.3 Å². The Morgan fingerprint density at radius 3 is 2.26 bits per heavy atom. The fraction of sp³-hybridized carbons (Fsp3) is 0.375. The second kappa shape index (κ2) is 15.6. The van der Waals surface area contributed by atoms with E-state index < -0.39 is 16.1 Å². The van der Waals surface area contributed by atoms with Crippen LogP contribution in [0.1, 0.15) is 44.2 Å². The molecule has 0 aromatic heterocycles. The van der Waals surface area contributed by atoms with Gasteiger partial charge in [0, 0.05) is 37.0 Å². The van der Waals surface area contributed by atoms with Gasteiger partial charge >= 0.3 is 0 Å². The van der Waals surface area contributed by atoms with Crippen molar-refractivity contribution in [2.75, 3.05) is 24.2 Å². The minimum absolute atomic E-state index is 0.0471. The Hall–Kier alpha value is -3.56. The Morgan fingerprint density at radius 1 is 0.976 bits per heavy atom. The summed E-state index contributed by atoms with van der Waals surface area (Å²) in [6.07, 6.45) is 2.52. The second-order valence-electron chi connectivity index (χ2n) is 10.3. The molecule has 2 amide bonds. The number of halogens is 1. The number of ether oxygens (including phenoxy) is 1. The highest BCUT2D eigenvalue weighted by atomic mass is 35.5. The number of hydrogen-bond donors (Lipinski definition) is 1. The highest BCUT2D eigenvalue weighted by molar-refractivity contribution is 7.92. The number of benzene rings is 3. The van der Waals surface area contributed by atoms with Crippen LogP contribution in [0.2, 0.25) is 5.02 Å². The summed E-state index contributed by atoms with van der Waals surface area (Å²) >= 11 is 5.99. The lowest BCUT2D eigenvalue weighted by Gasteiger charge is -2.33. The topological polar surface area (TPSA) is 96.0 Å². The van der Waals surface area contributed by atoms with Crippen molar-refractivity contribution in [1.29, 1.82) is 0 Å². The first-order chi connectivity index (χ1) is 20.0. The summed E-state index contributed by atoms with van der Waals surface area (Å²) in [4.78, 5) is 29.2. The molecule has 3 aromatic rings. The number of nitrogens with one attached hydrogen (secondary N) is 1. The summed E-state index contributed by atoms with van der Waals surface area (Å²) in [6.45, 7) is 4.21. The standard InChI is InChI=1S/C32H40ClN3O5S/c1-5-24(2)34-32(38)30(22-25-11-7-6-8-12-25)35(23-26-13-9-14-29(21-26)41-3)31(37)15-10-20-36(42(4,39)40)28-18-16-27(33)17-19-28/h6-9,11-14,16-19,21,24,30H,5,10,15,20,22-23H2,1-4H3,(H,34,38)/t24-,30+/m1/s1. The third-order valence-corrected chi connectivity index (χ3v) is 8.47. The fourth-order valence-corrected chi connectivity index (χ4v) is 5.67. The largest absolute Gasteiger partial charge is 0.497 e. The van der Waals surface area contributed by atoms with Crippen LogP contribution in [0.15, 0.2) is 78.9 Å². The van der Waals surface area contributed by atoms with E-state index >= 15 is 0 Å². The van der Waals surface area contributed by atoms with Crippen LogP contribution in [0, 0.1) is 0 Å². The minimum Gasteiger partial charge on any atom is -0.497 e. The lowest BCUT2D eigenvalue weighted by molar-refractivity contribution is -0.141. The first kappa shape index (κ1) is 32.9. The van der Waals surface area contributed by atoms with Crippen molar-refractivity contribution < 1.29 is 22.7 Å². The van der Waals surface area contributed by atoms with Crippen molar-refractivity contribution in [1.82, 2.24) is 10.2 Å². The molecule has 0 aliphatic heterocycles. The molecule has 0 heterocycles. The van der Waals surface area contributed by atoms with Gasteiger partial charge in [-0.15, -0.1) is 0 Å². The van der Waals surface area contributed by atoms with E-state index in [1.807, 2.05) is 68.4 Å². The summed E-state index contributed by atoms with van der Waals surface area (Å²) in [5.41, 5.74) is 2.21. The minimum atomic E-state index is -3.60. The number of amides is 2.